The van der Waals surface area contributed by atoms with Crippen LogP contribution in [0.5, 0.6) is 0 Å². The van der Waals surface area contributed by atoms with Gasteiger partial charge in [0.15, 0.2) is 0 Å². The molecule has 96 valence electrons. The molecule has 1 unspecified atom stereocenters. The molecular formula is C14H12ClF3. The van der Waals surface area contributed by atoms with E-state index in [2.05, 4.69) is 0 Å². The minimum atomic E-state index is -4.33. The van der Waals surface area contributed by atoms with E-state index in [1.165, 1.54) is 6.08 Å². The number of hydrogen-bond donors (Lipinski definition) is 0. The van der Waals surface area contributed by atoms with Gasteiger partial charge >= 0.3 is 6.18 Å². The van der Waals surface area contributed by atoms with Crippen LogP contribution >= 0.6 is 11.6 Å². The summed E-state index contributed by atoms with van der Waals surface area (Å²) in [6.07, 6.45) is -0.125. The van der Waals surface area contributed by atoms with E-state index in [1.807, 2.05) is 18.2 Å². The van der Waals surface area contributed by atoms with Gasteiger partial charge in [-0.1, -0.05) is 48.6 Å². The van der Waals surface area contributed by atoms with Crippen LogP contribution in [0, 0.1) is 5.41 Å². The lowest BCUT2D eigenvalue weighted by molar-refractivity contribution is -0.196. The molecule has 1 aliphatic carbocycles. The summed E-state index contributed by atoms with van der Waals surface area (Å²) in [6, 6.07) is 9.07. The maximum Gasteiger partial charge on any atom is 0.399 e. The number of benzene rings is 1. The van der Waals surface area contributed by atoms with Gasteiger partial charge in [0, 0.05) is 5.88 Å². The number of halogens is 4. The van der Waals surface area contributed by atoms with E-state index in [-0.39, 0.29) is 6.42 Å². The highest BCUT2D eigenvalue weighted by Gasteiger charge is 2.53. The Hall–Kier alpha value is -1.22. The Labute approximate surface area is 109 Å². The molecule has 1 aromatic carbocycles. The summed E-state index contributed by atoms with van der Waals surface area (Å²) in [5, 5.41) is 0. The van der Waals surface area contributed by atoms with E-state index >= 15 is 0 Å². The highest BCUT2D eigenvalue weighted by atomic mass is 35.5. The summed E-state index contributed by atoms with van der Waals surface area (Å²) in [5.41, 5.74) is -0.481. The Balaban J connectivity index is 2.34. The second kappa shape index (κ2) is 4.81. The van der Waals surface area contributed by atoms with Crippen molar-refractivity contribution in [2.75, 3.05) is 5.88 Å². The molecule has 4 heteroatoms. The van der Waals surface area contributed by atoms with Gasteiger partial charge in [0.1, 0.15) is 5.41 Å². The van der Waals surface area contributed by atoms with Crippen LogP contribution in [0.3, 0.4) is 0 Å². The zero-order chi connectivity index (χ0) is 13.2. The predicted octanol–water partition coefficient (Wildman–Crippen LogP) is 4.82. The van der Waals surface area contributed by atoms with Gasteiger partial charge in [-0.05, 0) is 17.6 Å². The average Bonchev–Trinajstić information content (AvgIpc) is 2.38. The smallest absolute Gasteiger partial charge is 0.170 e. The quantitative estimate of drug-likeness (QED) is 0.677. The van der Waals surface area contributed by atoms with Crippen LogP contribution in [0.15, 0.2) is 48.6 Å². The average molecular weight is 273 g/mol. The van der Waals surface area contributed by atoms with Crippen LogP contribution in [0.2, 0.25) is 0 Å². The van der Waals surface area contributed by atoms with Gasteiger partial charge in [0.05, 0.1) is 0 Å². The van der Waals surface area contributed by atoms with E-state index in [0.29, 0.717) is 5.57 Å². The molecule has 0 N–H and O–H groups in total. The van der Waals surface area contributed by atoms with Gasteiger partial charge in [-0.2, -0.15) is 13.2 Å². The van der Waals surface area contributed by atoms with E-state index in [9.17, 15) is 13.2 Å². The predicted molar refractivity (Wildman–Crippen MR) is 67.4 cm³/mol. The Morgan fingerprint density at radius 3 is 2.39 bits per heavy atom. The van der Waals surface area contributed by atoms with Crippen molar-refractivity contribution in [3.8, 4) is 0 Å². The molecule has 0 saturated heterocycles. The van der Waals surface area contributed by atoms with Crippen LogP contribution in [-0.2, 0) is 0 Å². The topological polar surface area (TPSA) is 0 Å². The minimum Gasteiger partial charge on any atom is -0.170 e. The third-order valence-electron chi connectivity index (χ3n) is 3.17. The number of rotatable bonds is 2. The molecule has 1 atom stereocenters. The molecule has 1 aromatic rings. The molecule has 0 bridgehead atoms. The van der Waals surface area contributed by atoms with E-state index in [4.69, 9.17) is 11.6 Å². The molecule has 0 radical (unpaired) electrons. The van der Waals surface area contributed by atoms with Gasteiger partial charge in [-0.25, -0.2) is 0 Å². The standard InChI is InChI=1S/C14H12ClF3/c15-10-13(14(16,17)18)8-4-7-12(9-13)11-5-2-1-3-6-11/h1-8H,9-10H2. The summed E-state index contributed by atoms with van der Waals surface area (Å²) in [4.78, 5) is 0. The van der Waals surface area contributed by atoms with Crippen LogP contribution in [0.1, 0.15) is 12.0 Å². The first kappa shape index (κ1) is 13.2. The highest BCUT2D eigenvalue weighted by molar-refractivity contribution is 6.18. The lowest BCUT2D eigenvalue weighted by Gasteiger charge is -2.34. The van der Waals surface area contributed by atoms with Gasteiger partial charge in [0.25, 0.3) is 0 Å². The van der Waals surface area contributed by atoms with Gasteiger partial charge < -0.3 is 0 Å². The van der Waals surface area contributed by atoms with E-state index < -0.39 is 17.5 Å². The molecule has 0 aliphatic heterocycles. The molecule has 0 fully saturated rings. The third-order valence-corrected chi connectivity index (χ3v) is 3.64. The molecule has 0 spiro atoms. The van der Waals surface area contributed by atoms with Gasteiger partial charge in [-0.3, -0.25) is 0 Å². The van der Waals surface area contributed by atoms with Gasteiger partial charge in [-0.15, -0.1) is 11.6 Å². The lowest BCUT2D eigenvalue weighted by atomic mass is 9.77. The Kier molecular flexibility index (Phi) is 3.53. The van der Waals surface area contributed by atoms with Gasteiger partial charge in [0.2, 0.25) is 0 Å². The maximum atomic E-state index is 13.1. The SMILES string of the molecule is FC(F)(F)C1(CCl)C=CC=C(c2ccccc2)C1. The van der Waals surface area contributed by atoms with Crippen molar-refractivity contribution >= 4 is 17.2 Å². The summed E-state index contributed by atoms with van der Waals surface area (Å²) in [6.45, 7) is 0. The number of hydrogen-bond acceptors (Lipinski definition) is 0. The van der Waals surface area contributed by atoms with Crippen LogP contribution in [0.4, 0.5) is 13.2 Å². The van der Waals surface area contributed by atoms with Crippen LogP contribution < -0.4 is 0 Å². The van der Waals surface area contributed by atoms with Crippen LogP contribution in [-0.4, -0.2) is 12.1 Å². The maximum absolute atomic E-state index is 13.1. The van der Waals surface area contributed by atoms with E-state index in [0.717, 1.165) is 11.6 Å². The normalized spacial score (nSPS) is 23.9. The largest absolute Gasteiger partial charge is 0.399 e. The van der Waals surface area contributed by atoms with Crippen molar-refractivity contribution in [2.24, 2.45) is 5.41 Å². The Bertz CT molecular complexity index is 474. The Morgan fingerprint density at radius 1 is 1.17 bits per heavy atom. The third kappa shape index (κ3) is 2.32. The first-order valence-electron chi connectivity index (χ1n) is 5.55. The minimum absolute atomic E-state index is 0.111. The van der Waals surface area contributed by atoms with Crippen molar-refractivity contribution in [1.82, 2.24) is 0 Å². The molecule has 0 aromatic heterocycles. The molecule has 2 rings (SSSR count). The van der Waals surface area contributed by atoms with Crippen molar-refractivity contribution in [2.45, 2.75) is 12.6 Å². The zero-order valence-electron chi connectivity index (χ0n) is 9.54. The second-order valence-electron chi connectivity index (χ2n) is 4.38. The summed E-state index contributed by atoms with van der Waals surface area (Å²) < 4.78 is 39.4. The molecule has 18 heavy (non-hydrogen) atoms. The highest BCUT2D eigenvalue weighted by Crippen LogP contribution is 2.48. The summed E-state index contributed by atoms with van der Waals surface area (Å²) in [7, 11) is 0. The van der Waals surface area contributed by atoms with Crippen molar-refractivity contribution in [3.63, 3.8) is 0 Å². The fraction of sp³-hybridized carbons (Fsp3) is 0.286. The van der Waals surface area contributed by atoms with Crippen molar-refractivity contribution in [1.29, 1.82) is 0 Å². The number of alkyl halides is 4. The fourth-order valence-corrected chi connectivity index (χ4v) is 2.35. The molecule has 0 heterocycles. The van der Waals surface area contributed by atoms with Crippen molar-refractivity contribution < 1.29 is 13.2 Å². The zero-order valence-corrected chi connectivity index (χ0v) is 10.3. The molecule has 0 amide bonds. The van der Waals surface area contributed by atoms with Crippen LogP contribution in [0.25, 0.3) is 5.57 Å². The molecule has 1 aliphatic rings. The Morgan fingerprint density at radius 2 is 1.83 bits per heavy atom. The molecular weight excluding hydrogens is 261 g/mol. The number of allylic oxidation sites excluding steroid dienone is 4. The fourth-order valence-electron chi connectivity index (χ4n) is 2.02. The lowest BCUT2D eigenvalue weighted by Crippen LogP contribution is -2.39. The first-order valence-corrected chi connectivity index (χ1v) is 6.08. The second-order valence-corrected chi connectivity index (χ2v) is 4.65. The molecule has 0 saturated carbocycles. The monoisotopic (exact) mass is 272 g/mol. The van der Waals surface area contributed by atoms with E-state index in [1.54, 1.807) is 18.2 Å². The first-order chi connectivity index (χ1) is 8.48. The van der Waals surface area contributed by atoms with Crippen molar-refractivity contribution in [3.05, 3.63) is 54.1 Å². The summed E-state index contributed by atoms with van der Waals surface area (Å²) in [5.74, 6) is -0.461. The summed E-state index contributed by atoms with van der Waals surface area (Å²) >= 11 is 5.58. The molecule has 0 nitrogen and oxygen atoms in total.